The Labute approximate surface area is 210 Å². The van der Waals surface area contributed by atoms with Crippen LogP contribution in [0.25, 0.3) is 16.8 Å². The van der Waals surface area contributed by atoms with Gasteiger partial charge in [-0.05, 0) is 0 Å². The normalized spacial score (nSPS) is 15.4. The second kappa shape index (κ2) is 7.89. The number of fused-ring (bicyclic) bond motifs is 5. The molecule has 7 rings (SSSR count). The van der Waals surface area contributed by atoms with Gasteiger partial charge in [0.15, 0.2) is 0 Å². The van der Waals surface area contributed by atoms with Gasteiger partial charge in [0.25, 0.3) is 0 Å². The fourth-order valence-corrected chi connectivity index (χ4v) is 8.31. The van der Waals surface area contributed by atoms with Crippen molar-refractivity contribution in [3.05, 3.63) is 118 Å². The van der Waals surface area contributed by atoms with E-state index in [-0.39, 0.29) is 31.6 Å². The van der Waals surface area contributed by atoms with Crippen molar-refractivity contribution in [1.29, 1.82) is 0 Å². The first-order valence-corrected chi connectivity index (χ1v) is 14.1. The van der Waals surface area contributed by atoms with Crippen LogP contribution in [0.1, 0.15) is 25.2 Å². The summed E-state index contributed by atoms with van der Waals surface area (Å²) in [6, 6.07) is 32.8. The van der Waals surface area contributed by atoms with E-state index < -0.39 is 0 Å². The molecule has 3 nitrogen and oxygen atoms in total. The zero-order valence-electron chi connectivity index (χ0n) is 18.5. The average Bonchev–Trinajstić information content (AvgIpc) is 3.45. The van der Waals surface area contributed by atoms with E-state index in [1.807, 2.05) is 36.4 Å². The van der Waals surface area contributed by atoms with E-state index in [9.17, 15) is 9.59 Å². The average molecular weight is 531 g/mol. The number of rotatable bonds is 2. The summed E-state index contributed by atoms with van der Waals surface area (Å²) in [5, 5.41) is 4.49. The van der Waals surface area contributed by atoms with E-state index in [1.165, 1.54) is 26.3 Å². The molecule has 2 aliphatic rings. The van der Waals surface area contributed by atoms with Gasteiger partial charge in [0.1, 0.15) is 0 Å². The monoisotopic (exact) mass is 531 g/mol. The zero-order valence-corrected chi connectivity index (χ0v) is 21.2. The second-order valence-corrected chi connectivity index (χ2v) is 12.2. The van der Waals surface area contributed by atoms with Crippen molar-refractivity contribution >= 4 is 78.7 Å². The molecule has 5 aromatic rings. The maximum atomic E-state index is 13.4. The summed E-state index contributed by atoms with van der Waals surface area (Å²) < 4.78 is 2.24. The fraction of sp³-hybridized carbons (Fsp3) is 0. The maximum absolute atomic E-state index is 13.4. The van der Waals surface area contributed by atoms with Crippen molar-refractivity contribution in [3.63, 3.8) is 0 Å². The van der Waals surface area contributed by atoms with Gasteiger partial charge < -0.3 is 0 Å². The van der Waals surface area contributed by atoms with Crippen molar-refractivity contribution in [1.82, 2.24) is 0 Å². The number of nitrogens with zero attached hydrogens (tertiary/aromatic N) is 1. The molecule has 4 aromatic carbocycles. The number of anilines is 3. The molecule has 35 heavy (non-hydrogen) atoms. The predicted octanol–water partition coefficient (Wildman–Crippen LogP) is 4.80. The molecule has 1 aliphatic heterocycles. The third kappa shape index (κ3) is 3.17. The van der Waals surface area contributed by atoms with E-state index in [2.05, 4.69) is 65.6 Å². The van der Waals surface area contributed by atoms with Crippen LogP contribution in [-0.4, -0.2) is 35.6 Å². The molecule has 0 saturated carbocycles. The number of para-hydroxylation sites is 2. The number of ketones is 2. The van der Waals surface area contributed by atoms with Crippen LogP contribution in [0.2, 0.25) is 0 Å². The Kier molecular flexibility index (Phi) is 4.64. The van der Waals surface area contributed by atoms with E-state index in [0.29, 0.717) is 20.6 Å². The molecule has 1 aliphatic carbocycles. The minimum atomic E-state index is -0.171. The number of hydrogen-bond acceptors (Lipinski definition) is 3. The van der Waals surface area contributed by atoms with Crippen molar-refractivity contribution in [3.8, 4) is 0 Å². The molecular weight excluding hydrogens is 513 g/mol. The Balaban J connectivity index is 1.31. The Morgan fingerprint density at radius 1 is 0.686 bits per heavy atom. The van der Waals surface area contributed by atoms with Crippen LogP contribution in [0.3, 0.4) is 0 Å². The zero-order chi connectivity index (χ0) is 23.5. The predicted molar refractivity (Wildman–Crippen MR) is 144 cm³/mol. The van der Waals surface area contributed by atoms with Crippen molar-refractivity contribution < 1.29 is 9.59 Å². The first kappa shape index (κ1) is 20.6. The summed E-state index contributed by atoms with van der Waals surface area (Å²) in [4.78, 5) is 28.9. The van der Waals surface area contributed by atoms with Gasteiger partial charge in [0, 0.05) is 0 Å². The molecule has 0 unspecified atom stereocenters. The van der Waals surface area contributed by atoms with Gasteiger partial charge in [-0.2, -0.15) is 0 Å². The van der Waals surface area contributed by atoms with Crippen molar-refractivity contribution in [2.45, 2.75) is 0 Å². The molecule has 1 aromatic heterocycles. The third-order valence-electron chi connectivity index (χ3n) is 6.57. The van der Waals surface area contributed by atoms with Crippen LogP contribution in [0, 0.1) is 0 Å². The molecule has 2 radical (unpaired) electrons. The van der Waals surface area contributed by atoms with Crippen LogP contribution in [0.15, 0.2) is 103 Å². The van der Waals surface area contributed by atoms with Crippen molar-refractivity contribution in [2.24, 2.45) is 0 Å². The third-order valence-corrected chi connectivity index (χ3v) is 10.1. The SMILES string of the molecule is O=C1/C(=C\c2ccc(N3c4ccccc4[Si]c4ccccc43)[se]2)C(=O)c2c1ccc1ccccc21. The summed E-state index contributed by atoms with van der Waals surface area (Å²) in [5.74, 6) is -0.336. The molecule has 164 valence electrons. The van der Waals surface area contributed by atoms with E-state index >= 15 is 0 Å². The van der Waals surface area contributed by atoms with E-state index in [1.54, 1.807) is 6.07 Å². The molecule has 0 N–H and O–H groups in total. The van der Waals surface area contributed by atoms with E-state index in [4.69, 9.17) is 0 Å². The Hall–Kier alpha value is -3.76. The summed E-state index contributed by atoms with van der Waals surface area (Å²) in [7, 11) is 0.630. The molecule has 0 saturated heterocycles. The quantitative estimate of drug-likeness (QED) is 0.184. The number of carbonyl (C=O) groups is 2. The van der Waals surface area contributed by atoms with Gasteiger partial charge in [0.2, 0.25) is 0 Å². The van der Waals surface area contributed by atoms with Crippen LogP contribution in [0.5, 0.6) is 0 Å². The van der Waals surface area contributed by atoms with Crippen molar-refractivity contribution in [2.75, 3.05) is 4.90 Å². The van der Waals surface area contributed by atoms with Gasteiger partial charge >= 0.3 is 211 Å². The number of benzene rings is 4. The number of carbonyl (C=O) groups excluding carboxylic acids is 2. The molecule has 0 atom stereocenters. The first-order chi connectivity index (χ1) is 17.2. The Morgan fingerprint density at radius 2 is 1.37 bits per heavy atom. The molecule has 0 amide bonds. The Morgan fingerprint density at radius 3 is 2.14 bits per heavy atom. The summed E-state index contributed by atoms with van der Waals surface area (Å²) in [6.07, 6.45) is 1.83. The number of hydrogen-bond donors (Lipinski definition) is 0. The molecule has 0 fully saturated rings. The Bertz CT molecular complexity index is 1690. The van der Waals surface area contributed by atoms with Crippen LogP contribution in [0.4, 0.5) is 15.9 Å². The second-order valence-electron chi connectivity index (χ2n) is 8.60. The van der Waals surface area contributed by atoms with Crippen LogP contribution in [-0.2, 0) is 0 Å². The van der Waals surface area contributed by atoms with Gasteiger partial charge in [0.05, 0.1) is 0 Å². The van der Waals surface area contributed by atoms with E-state index in [0.717, 1.165) is 15.2 Å². The molecule has 5 heteroatoms. The van der Waals surface area contributed by atoms with Crippen LogP contribution >= 0.6 is 0 Å². The first-order valence-electron chi connectivity index (χ1n) is 11.4. The standard InChI is InChI=1S/C30H17NO2SeSi/c32-29-21-15-13-18-7-1-2-8-20(18)28(21)30(33)22(29)17-19-14-16-27(34-19)31-23-9-3-5-11-25(23)35-26-12-6-4-10-24(26)31/h1-17H/b22-17+. The van der Waals surface area contributed by atoms with Crippen LogP contribution < -0.4 is 15.3 Å². The molecule has 2 heterocycles. The van der Waals surface area contributed by atoms with Gasteiger partial charge in [-0.3, -0.25) is 0 Å². The summed E-state index contributed by atoms with van der Waals surface area (Å²) in [5.41, 5.74) is 3.76. The minimum absolute atomic E-state index is 0.0366. The molecule has 0 spiro atoms. The summed E-state index contributed by atoms with van der Waals surface area (Å²) >= 11 is -0.0366. The van der Waals surface area contributed by atoms with Gasteiger partial charge in [-0.25, -0.2) is 0 Å². The van der Waals surface area contributed by atoms with Gasteiger partial charge in [-0.1, -0.05) is 0 Å². The van der Waals surface area contributed by atoms with Gasteiger partial charge in [-0.15, -0.1) is 0 Å². The fourth-order valence-electron chi connectivity index (χ4n) is 4.96. The molecular formula is C30H17NO2SeSi. The number of Topliss-reactive ketones (excluding diaryl/α,β-unsaturated/α-hetero) is 2. The molecule has 0 bridgehead atoms. The number of allylic oxidation sites excluding steroid dienone is 1. The summed E-state index contributed by atoms with van der Waals surface area (Å²) in [6.45, 7) is 0. The topological polar surface area (TPSA) is 37.4 Å².